The molecule has 0 bridgehead atoms. The lowest BCUT2D eigenvalue weighted by Crippen LogP contribution is -2.48. The summed E-state index contributed by atoms with van der Waals surface area (Å²) in [5.74, 6) is 0.856. The summed E-state index contributed by atoms with van der Waals surface area (Å²) in [7, 11) is 1.86. The molecule has 6 nitrogen and oxygen atoms in total. The highest BCUT2D eigenvalue weighted by atomic mass is 16.2. The zero-order chi connectivity index (χ0) is 17.2. The van der Waals surface area contributed by atoms with Crippen LogP contribution >= 0.6 is 0 Å². The van der Waals surface area contributed by atoms with Crippen LogP contribution in [-0.2, 0) is 7.05 Å². The van der Waals surface area contributed by atoms with Crippen molar-refractivity contribution in [2.75, 3.05) is 18.0 Å². The molecule has 1 aromatic carbocycles. The van der Waals surface area contributed by atoms with Crippen LogP contribution in [-0.4, -0.2) is 39.6 Å². The quantitative estimate of drug-likeness (QED) is 0.798. The van der Waals surface area contributed by atoms with Gasteiger partial charge in [0.25, 0.3) is 5.91 Å². The van der Waals surface area contributed by atoms with Crippen molar-refractivity contribution in [2.45, 2.75) is 18.9 Å². The summed E-state index contributed by atoms with van der Waals surface area (Å²) in [5, 5.41) is 4.24. The predicted octanol–water partition coefficient (Wildman–Crippen LogP) is 2.37. The number of amides is 1. The zero-order valence-corrected chi connectivity index (χ0v) is 14.2. The molecule has 2 aromatic heterocycles. The Balaban J connectivity index is 1.47. The second kappa shape index (κ2) is 6.55. The van der Waals surface area contributed by atoms with E-state index >= 15 is 0 Å². The van der Waals surface area contributed by atoms with Gasteiger partial charge in [0.05, 0.1) is 11.8 Å². The Kier molecular flexibility index (Phi) is 4.09. The van der Waals surface area contributed by atoms with Gasteiger partial charge in [0.1, 0.15) is 11.5 Å². The average Bonchev–Trinajstić information content (AvgIpc) is 3.08. The molecule has 0 aliphatic carbocycles. The number of anilines is 1. The number of rotatable bonds is 3. The van der Waals surface area contributed by atoms with Gasteiger partial charge in [0.15, 0.2) is 0 Å². The molecule has 3 aromatic rings. The monoisotopic (exact) mass is 335 g/mol. The van der Waals surface area contributed by atoms with Crippen molar-refractivity contribution in [3.05, 3.63) is 54.6 Å². The van der Waals surface area contributed by atoms with E-state index in [9.17, 15) is 4.79 Å². The van der Waals surface area contributed by atoms with E-state index in [4.69, 9.17) is 4.98 Å². The van der Waals surface area contributed by atoms with E-state index in [1.165, 1.54) is 0 Å². The minimum absolute atomic E-state index is 0.108. The number of aryl methyl sites for hydroxylation is 1. The topological polar surface area (TPSA) is 63.1 Å². The van der Waals surface area contributed by atoms with Gasteiger partial charge < -0.3 is 14.8 Å². The third kappa shape index (κ3) is 3.33. The summed E-state index contributed by atoms with van der Waals surface area (Å²) in [4.78, 5) is 23.5. The van der Waals surface area contributed by atoms with Crippen LogP contribution in [0.1, 0.15) is 23.3 Å². The van der Waals surface area contributed by atoms with Gasteiger partial charge in [-0.25, -0.2) is 9.97 Å². The van der Waals surface area contributed by atoms with Crippen molar-refractivity contribution < 1.29 is 4.79 Å². The Hall–Kier alpha value is -2.89. The first-order valence-electron chi connectivity index (χ1n) is 8.58. The van der Waals surface area contributed by atoms with E-state index in [0.717, 1.165) is 42.7 Å². The van der Waals surface area contributed by atoms with E-state index < -0.39 is 0 Å². The molecule has 25 heavy (non-hydrogen) atoms. The van der Waals surface area contributed by atoms with Gasteiger partial charge in [0.2, 0.25) is 0 Å². The Morgan fingerprint density at radius 1 is 1.24 bits per heavy atom. The lowest BCUT2D eigenvalue weighted by atomic mass is 10.1. The molecule has 1 amide bonds. The normalized spacial score (nSPS) is 17.6. The molecule has 1 aliphatic heterocycles. The number of carbonyl (C=O) groups is 1. The molecule has 1 aliphatic rings. The number of hydrogen-bond donors (Lipinski definition) is 1. The van der Waals surface area contributed by atoms with Crippen molar-refractivity contribution in [3.63, 3.8) is 0 Å². The van der Waals surface area contributed by atoms with E-state index in [0.29, 0.717) is 5.69 Å². The van der Waals surface area contributed by atoms with Crippen LogP contribution in [0, 0.1) is 0 Å². The molecular weight excluding hydrogens is 314 g/mol. The number of fused-ring (bicyclic) bond motifs is 1. The summed E-state index contributed by atoms with van der Waals surface area (Å²) >= 11 is 0. The molecule has 128 valence electrons. The number of para-hydroxylation sites is 1. The average molecular weight is 335 g/mol. The fourth-order valence-electron chi connectivity index (χ4n) is 3.32. The fraction of sp³-hybridized carbons (Fsp3) is 0.316. The molecular formula is C19H21N5O. The molecule has 0 spiro atoms. The Labute approximate surface area is 146 Å². The van der Waals surface area contributed by atoms with Crippen LogP contribution in [0.2, 0.25) is 0 Å². The number of piperidine rings is 1. The molecule has 4 rings (SSSR count). The number of aromatic nitrogens is 3. The maximum Gasteiger partial charge on any atom is 0.271 e. The lowest BCUT2D eigenvalue weighted by Gasteiger charge is -2.34. The maximum atomic E-state index is 12.3. The summed E-state index contributed by atoms with van der Waals surface area (Å²) < 4.78 is 1.78. The van der Waals surface area contributed by atoms with E-state index in [1.54, 1.807) is 17.1 Å². The third-order valence-electron chi connectivity index (χ3n) is 4.60. The number of hydrogen-bond acceptors (Lipinski definition) is 4. The minimum Gasteiger partial charge on any atom is -0.355 e. The summed E-state index contributed by atoms with van der Waals surface area (Å²) in [5.41, 5.74) is 1.46. The van der Waals surface area contributed by atoms with Gasteiger partial charge in [-0.05, 0) is 31.0 Å². The van der Waals surface area contributed by atoms with Crippen molar-refractivity contribution in [1.29, 1.82) is 0 Å². The maximum absolute atomic E-state index is 12.3. The van der Waals surface area contributed by atoms with E-state index in [2.05, 4.69) is 33.4 Å². The van der Waals surface area contributed by atoms with Crippen LogP contribution in [0.3, 0.4) is 0 Å². The van der Waals surface area contributed by atoms with Crippen molar-refractivity contribution in [2.24, 2.45) is 7.05 Å². The fourth-order valence-corrected chi connectivity index (χ4v) is 3.32. The van der Waals surface area contributed by atoms with Crippen LogP contribution < -0.4 is 10.2 Å². The first-order valence-corrected chi connectivity index (χ1v) is 8.58. The Morgan fingerprint density at radius 2 is 2.12 bits per heavy atom. The minimum atomic E-state index is -0.112. The second-order valence-corrected chi connectivity index (χ2v) is 6.55. The number of benzene rings is 1. The van der Waals surface area contributed by atoms with Gasteiger partial charge in [-0.3, -0.25) is 4.79 Å². The number of imidazole rings is 1. The first-order chi connectivity index (χ1) is 12.2. The summed E-state index contributed by atoms with van der Waals surface area (Å²) in [6.45, 7) is 1.73. The van der Waals surface area contributed by atoms with Crippen LogP contribution in [0.15, 0.2) is 48.9 Å². The molecule has 1 atom stereocenters. The van der Waals surface area contributed by atoms with Crippen molar-refractivity contribution in [3.8, 4) is 0 Å². The number of pyridine rings is 1. The number of nitrogens with zero attached hydrogens (tertiary/aromatic N) is 4. The third-order valence-corrected chi connectivity index (χ3v) is 4.60. The van der Waals surface area contributed by atoms with Gasteiger partial charge >= 0.3 is 0 Å². The largest absolute Gasteiger partial charge is 0.355 e. The lowest BCUT2D eigenvalue weighted by molar-refractivity contribution is 0.0928. The highest BCUT2D eigenvalue weighted by Gasteiger charge is 2.23. The van der Waals surface area contributed by atoms with Crippen LogP contribution in [0.4, 0.5) is 5.82 Å². The zero-order valence-electron chi connectivity index (χ0n) is 14.2. The molecule has 1 N–H and O–H groups in total. The summed E-state index contributed by atoms with van der Waals surface area (Å²) in [6, 6.07) is 12.4. The molecule has 0 saturated carbocycles. The van der Waals surface area contributed by atoms with Crippen LogP contribution in [0.5, 0.6) is 0 Å². The highest BCUT2D eigenvalue weighted by molar-refractivity contribution is 5.92. The van der Waals surface area contributed by atoms with Gasteiger partial charge in [0, 0.05) is 37.8 Å². The second-order valence-electron chi connectivity index (χ2n) is 6.55. The first kappa shape index (κ1) is 15.6. The van der Waals surface area contributed by atoms with E-state index in [-0.39, 0.29) is 11.9 Å². The number of carbonyl (C=O) groups excluding carboxylic acids is 1. The molecule has 3 heterocycles. The Bertz CT molecular complexity index is 903. The van der Waals surface area contributed by atoms with Crippen molar-refractivity contribution in [1.82, 2.24) is 19.9 Å². The predicted molar refractivity (Wildman–Crippen MR) is 97.7 cm³/mol. The van der Waals surface area contributed by atoms with Crippen molar-refractivity contribution >= 4 is 22.6 Å². The van der Waals surface area contributed by atoms with E-state index in [1.807, 2.05) is 25.2 Å². The molecule has 1 unspecified atom stereocenters. The highest BCUT2D eigenvalue weighted by Crippen LogP contribution is 2.21. The molecule has 0 radical (unpaired) electrons. The smallest absolute Gasteiger partial charge is 0.271 e. The Morgan fingerprint density at radius 3 is 2.96 bits per heavy atom. The molecule has 6 heteroatoms. The van der Waals surface area contributed by atoms with Crippen LogP contribution in [0.25, 0.3) is 10.9 Å². The summed E-state index contributed by atoms with van der Waals surface area (Å²) in [6.07, 6.45) is 5.38. The number of nitrogens with one attached hydrogen (secondary N) is 1. The standard InChI is InChI=1S/C19H21N5O/c1-23-12-17(20-13-23)19(25)21-15-6-4-10-24(11-15)18-9-8-14-5-2-3-7-16(14)22-18/h2-3,5,7-9,12-13,15H,4,6,10-11H2,1H3,(H,21,25). The van der Waals surface area contributed by atoms with Gasteiger partial charge in [-0.1, -0.05) is 18.2 Å². The molecule has 1 saturated heterocycles. The SMILES string of the molecule is Cn1cnc(C(=O)NC2CCCN(c3ccc4ccccc4n3)C2)c1. The van der Waals surface area contributed by atoms with Gasteiger partial charge in [-0.2, -0.15) is 0 Å². The van der Waals surface area contributed by atoms with Gasteiger partial charge in [-0.15, -0.1) is 0 Å². The molecule has 1 fully saturated rings.